The summed E-state index contributed by atoms with van der Waals surface area (Å²) in [6.45, 7) is -4.18. The van der Waals surface area contributed by atoms with Gasteiger partial charge in [-0.3, -0.25) is 13.9 Å². The van der Waals surface area contributed by atoms with E-state index in [0.717, 1.165) is 6.33 Å². The van der Waals surface area contributed by atoms with Gasteiger partial charge < -0.3 is 9.67 Å². The van der Waals surface area contributed by atoms with Crippen LogP contribution in [-0.4, -0.2) is 29.9 Å². The molecule has 0 aliphatic carbocycles. The first-order chi connectivity index (χ1) is 11.9. The first kappa shape index (κ1) is 8.41. The molecule has 1 unspecified atom stereocenters. The molecule has 7 nitrogen and oxygen atoms in total. The number of unbranched alkanes of at least 4 members (excludes halogenated alkanes) is 1. The molecule has 0 aliphatic rings. The van der Waals surface area contributed by atoms with Crippen LogP contribution in [0.4, 0.5) is 0 Å². The Morgan fingerprint density at radius 3 is 2.85 bits per heavy atom. The molecule has 0 saturated carbocycles. The van der Waals surface area contributed by atoms with Crippen LogP contribution >= 0.6 is 0 Å². The Balaban J connectivity index is 2.68. The maximum atomic E-state index is 12.7. The van der Waals surface area contributed by atoms with Crippen molar-refractivity contribution in [2.24, 2.45) is 14.0 Å². The van der Waals surface area contributed by atoms with E-state index in [2.05, 4.69) is 4.98 Å². The lowest BCUT2D eigenvalue weighted by atomic mass is 10.2. The Morgan fingerprint density at radius 1 is 1.40 bits per heavy atom. The Labute approximate surface area is 124 Å². The summed E-state index contributed by atoms with van der Waals surface area (Å²) in [6.07, 6.45) is 1.60. The Hall–Kier alpha value is -1.89. The van der Waals surface area contributed by atoms with E-state index >= 15 is 0 Å². The molecular formula is C13H20N4O3. The Morgan fingerprint density at radius 2 is 2.20 bits per heavy atom. The van der Waals surface area contributed by atoms with E-state index in [1.807, 2.05) is 0 Å². The van der Waals surface area contributed by atoms with Crippen LogP contribution in [0.25, 0.3) is 11.2 Å². The van der Waals surface area contributed by atoms with Crippen LogP contribution in [-0.2, 0) is 20.5 Å². The highest BCUT2D eigenvalue weighted by molar-refractivity contribution is 5.69. The molecule has 2 aromatic heterocycles. The molecule has 0 fully saturated rings. The van der Waals surface area contributed by atoms with E-state index in [9.17, 15) is 14.7 Å². The van der Waals surface area contributed by atoms with Crippen molar-refractivity contribution in [3.63, 3.8) is 0 Å². The summed E-state index contributed by atoms with van der Waals surface area (Å²) in [5, 5.41) is 9.27. The zero-order chi connectivity index (χ0) is 19.9. The molecule has 2 aromatic rings. The van der Waals surface area contributed by atoms with Crippen molar-refractivity contribution in [1.82, 2.24) is 18.7 Å². The summed E-state index contributed by atoms with van der Waals surface area (Å²) in [6, 6.07) is 0. The third kappa shape index (κ3) is 2.53. The fraction of sp³-hybridized carbons (Fsp3) is 0.615. The molecule has 0 radical (unpaired) electrons. The van der Waals surface area contributed by atoms with Crippen LogP contribution in [0.2, 0.25) is 0 Å². The fourth-order valence-electron chi connectivity index (χ4n) is 2.03. The second kappa shape index (κ2) is 5.62. The SMILES string of the molecule is [2H]C([2H])([2H])n1cnc2c1c(=O)n(CCCCC(C)O)c(=O)n2C([2H])([2H])[2H]. The van der Waals surface area contributed by atoms with Crippen molar-refractivity contribution in [3.8, 4) is 0 Å². The Bertz CT molecular complexity index is 906. The molecule has 20 heavy (non-hydrogen) atoms. The normalized spacial score (nSPS) is 18.7. The van der Waals surface area contributed by atoms with Gasteiger partial charge in [-0.15, -0.1) is 0 Å². The van der Waals surface area contributed by atoms with Gasteiger partial charge >= 0.3 is 5.69 Å². The summed E-state index contributed by atoms with van der Waals surface area (Å²) < 4.78 is 46.8. The van der Waals surface area contributed by atoms with E-state index < -0.39 is 42.5 Å². The highest BCUT2D eigenvalue weighted by Gasteiger charge is 2.14. The lowest BCUT2D eigenvalue weighted by Crippen LogP contribution is -2.39. The summed E-state index contributed by atoms with van der Waals surface area (Å²) in [5.74, 6) is 0. The van der Waals surface area contributed by atoms with E-state index in [0.29, 0.717) is 33.0 Å². The minimum atomic E-state index is -2.93. The van der Waals surface area contributed by atoms with E-state index in [1.165, 1.54) is 0 Å². The average Bonchev–Trinajstić information content (AvgIpc) is 2.89. The smallest absolute Gasteiger partial charge is 0.332 e. The third-order valence-electron chi connectivity index (χ3n) is 3.08. The number of nitrogens with zero attached hydrogens (tertiary/aromatic N) is 4. The second-order valence-corrected chi connectivity index (χ2v) is 4.71. The summed E-state index contributed by atoms with van der Waals surface area (Å²) in [5.41, 5.74) is -2.93. The number of imidazole rings is 1. The summed E-state index contributed by atoms with van der Waals surface area (Å²) in [7, 11) is 0. The largest absolute Gasteiger partial charge is 0.393 e. The number of aryl methyl sites for hydroxylation is 2. The zero-order valence-electron chi connectivity index (χ0n) is 17.0. The van der Waals surface area contributed by atoms with Crippen molar-refractivity contribution < 1.29 is 13.3 Å². The number of aliphatic hydroxyl groups excluding tert-OH is 1. The summed E-state index contributed by atoms with van der Waals surface area (Å²) >= 11 is 0. The third-order valence-corrected chi connectivity index (χ3v) is 3.08. The van der Waals surface area contributed by atoms with Crippen LogP contribution in [0.1, 0.15) is 34.4 Å². The number of hydrogen-bond acceptors (Lipinski definition) is 4. The quantitative estimate of drug-likeness (QED) is 0.783. The number of hydrogen-bond donors (Lipinski definition) is 1. The minimum absolute atomic E-state index is 0.0947. The second-order valence-electron chi connectivity index (χ2n) is 4.71. The van der Waals surface area contributed by atoms with Gasteiger partial charge in [-0.25, -0.2) is 9.78 Å². The van der Waals surface area contributed by atoms with Gasteiger partial charge in [0.1, 0.15) is 0 Å². The monoisotopic (exact) mass is 286 g/mol. The number of rotatable bonds is 5. The molecule has 0 bridgehead atoms. The molecule has 2 heterocycles. The average molecular weight is 286 g/mol. The zero-order valence-corrected chi connectivity index (χ0v) is 11.0. The highest BCUT2D eigenvalue weighted by Crippen LogP contribution is 2.04. The molecule has 1 N–H and O–H groups in total. The van der Waals surface area contributed by atoms with E-state index in [-0.39, 0.29) is 6.54 Å². The minimum Gasteiger partial charge on any atom is -0.393 e. The van der Waals surface area contributed by atoms with Gasteiger partial charge in [-0.1, -0.05) is 0 Å². The van der Waals surface area contributed by atoms with Crippen molar-refractivity contribution >= 4 is 11.2 Å². The van der Waals surface area contributed by atoms with Crippen LogP contribution in [0.15, 0.2) is 15.9 Å². The van der Waals surface area contributed by atoms with Gasteiger partial charge in [0.2, 0.25) is 0 Å². The molecule has 110 valence electrons. The predicted octanol–water partition coefficient (Wildman–Crippen LogP) is -0.0152. The fourth-order valence-corrected chi connectivity index (χ4v) is 2.03. The van der Waals surface area contributed by atoms with Gasteiger partial charge in [-0.2, -0.15) is 0 Å². The molecule has 0 aromatic carbocycles. The molecular weight excluding hydrogens is 260 g/mol. The maximum absolute atomic E-state index is 12.7. The van der Waals surface area contributed by atoms with Crippen LogP contribution in [0.3, 0.4) is 0 Å². The van der Waals surface area contributed by atoms with Gasteiger partial charge in [0.15, 0.2) is 11.2 Å². The van der Waals surface area contributed by atoms with Crippen molar-refractivity contribution in [2.75, 3.05) is 0 Å². The maximum Gasteiger partial charge on any atom is 0.332 e. The van der Waals surface area contributed by atoms with E-state index in [4.69, 9.17) is 8.22 Å². The standard InChI is InChI=1S/C13H20N4O3/c1-9(18)6-4-5-7-17-12(19)10-11(14-8-15(10)2)16(3)13(17)20/h8-9,18H,4-7H2,1-3H3/i2D3,3D3. The molecule has 1 atom stereocenters. The highest BCUT2D eigenvalue weighted by atomic mass is 16.3. The van der Waals surface area contributed by atoms with Gasteiger partial charge in [0.25, 0.3) is 5.56 Å². The molecule has 0 saturated heterocycles. The van der Waals surface area contributed by atoms with Crippen LogP contribution < -0.4 is 11.2 Å². The molecule has 2 rings (SSSR count). The van der Waals surface area contributed by atoms with Gasteiger partial charge in [0.05, 0.1) is 12.4 Å². The van der Waals surface area contributed by atoms with Gasteiger partial charge in [0, 0.05) is 28.7 Å². The van der Waals surface area contributed by atoms with Crippen molar-refractivity contribution in [3.05, 3.63) is 27.2 Å². The topological polar surface area (TPSA) is 82.1 Å². The van der Waals surface area contributed by atoms with Crippen LogP contribution in [0.5, 0.6) is 0 Å². The number of aromatic nitrogens is 4. The lowest BCUT2D eigenvalue weighted by Gasteiger charge is -2.09. The van der Waals surface area contributed by atoms with Crippen LogP contribution in [0, 0.1) is 0 Å². The van der Waals surface area contributed by atoms with Gasteiger partial charge in [-0.05, 0) is 26.2 Å². The van der Waals surface area contributed by atoms with E-state index in [1.54, 1.807) is 6.92 Å². The Kier molecular flexibility index (Phi) is 2.36. The molecule has 0 spiro atoms. The van der Waals surface area contributed by atoms with Crippen molar-refractivity contribution in [1.29, 1.82) is 0 Å². The van der Waals surface area contributed by atoms with Crippen molar-refractivity contribution in [2.45, 2.75) is 38.8 Å². The first-order valence-corrected chi connectivity index (χ1v) is 6.27. The lowest BCUT2D eigenvalue weighted by molar-refractivity contribution is 0.180. The number of fused-ring (bicyclic) bond motifs is 1. The molecule has 0 aliphatic heterocycles. The predicted molar refractivity (Wildman–Crippen MR) is 75.7 cm³/mol. The summed E-state index contributed by atoms with van der Waals surface area (Å²) in [4.78, 5) is 28.9. The number of aliphatic hydroxyl groups is 1. The molecule has 0 amide bonds. The molecule has 7 heteroatoms. The first-order valence-electron chi connectivity index (χ1n) is 9.27.